The van der Waals surface area contributed by atoms with Crippen molar-refractivity contribution >= 4 is 17.5 Å². The van der Waals surface area contributed by atoms with Crippen molar-refractivity contribution < 1.29 is 35.5 Å². The molecule has 0 unspecified atom stereocenters. The van der Waals surface area contributed by atoms with E-state index in [1.54, 1.807) is 30.3 Å². The fourth-order valence-corrected chi connectivity index (χ4v) is 4.57. The fraction of sp³-hybridized carbons (Fsp3) is 0.138. The van der Waals surface area contributed by atoms with Crippen LogP contribution in [0.1, 0.15) is 38.2 Å². The van der Waals surface area contributed by atoms with Crippen LogP contribution in [0.4, 0.5) is 30.7 Å². The lowest BCUT2D eigenvalue weighted by Crippen LogP contribution is -2.49. The van der Waals surface area contributed by atoms with Crippen molar-refractivity contribution in [3.63, 3.8) is 0 Å². The first-order valence-electron chi connectivity index (χ1n) is 11.5. The van der Waals surface area contributed by atoms with E-state index in [1.807, 2.05) is 0 Å². The van der Waals surface area contributed by atoms with Gasteiger partial charge in [-0.1, -0.05) is 66.2 Å². The Hall–Kier alpha value is -3.85. The van der Waals surface area contributed by atoms with Gasteiger partial charge in [-0.15, -0.1) is 0 Å². The maximum atomic E-state index is 13.7. The zero-order valence-electron chi connectivity index (χ0n) is 19.9. The van der Waals surface area contributed by atoms with Gasteiger partial charge in [0.15, 0.2) is 0 Å². The normalized spacial score (nSPS) is 12.3. The van der Waals surface area contributed by atoms with Gasteiger partial charge in [0.1, 0.15) is 5.82 Å². The van der Waals surface area contributed by atoms with Gasteiger partial charge in [0.05, 0.1) is 27.3 Å². The fourth-order valence-electron chi connectivity index (χ4n) is 4.32. The summed E-state index contributed by atoms with van der Waals surface area (Å²) in [5, 5.41) is 2.38. The van der Waals surface area contributed by atoms with Crippen LogP contribution in [0.2, 0.25) is 5.02 Å². The SMILES string of the molecule is O=C(NC(Cc1ccccc1)(c1cccc(C(F)(F)F)c1)c1cccc(C(F)(F)F)c1)c1ccc(F)cc1Cl. The number of nitrogens with one attached hydrogen (secondary N) is 1. The molecule has 0 bridgehead atoms. The first-order chi connectivity index (χ1) is 18.3. The molecular formula is C29H19ClF7NO. The third kappa shape index (κ3) is 6.25. The molecule has 0 aliphatic carbocycles. The summed E-state index contributed by atoms with van der Waals surface area (Å²) in [5.74, 6) is -1.66. The standard InChI is InChI=1S/C29H19ClF7NO/c30-25-16-23(31)12-13-24(25)26(39)38-27(17-18-6-2-1-3-7-18,19-8-4-10-21(14-19)28(32,33)34)20-9-5-11-22(15-20)29(35,36)37/h1-16H,17H2,(H,38,39). The van der Waals surface area contributed by atoms with Crippen LogP contribution < -0.4 is 5.32 Å². The Morgan fingerprint density at radius 3 is 1.67 bits per heavy atom. The Morgan fingerprint density at radius 1 is 0.667 bits per heavy atom. The highest BCUT2D eigenvalue weighted by molar-refractivity contribution is 6.33. The molecule has 0 aliphatic heterocycles. The van der Waals surface area contributed by atoms with E-state index in [-0.39, 0.29) is 28.1 Å². The maximum Gasteiger partial charge on any atom is 0.416 e. The quantitative estimate of drug-likeness (QED) is 0.234. The van der Waals surface area contributed by atoms with E-state index in [2.05, 4.69) is 5.32 Å². The molecule has 10 heteroatoms. The maximum absolute atomic E-state index is 13.7. The van der Waals surface area contributed by atoms with Gasteiger partial charge in [0, 0.05) is 6.42 Å². The van der Waals surface area contributed by atoms with Gasteiger partial charge < -0.3 is 5.32 Å². The first kappa shape index (κ1) is 28.2. The van der Waals surface area contributed by atoms with Gasteiger partial charge in [-0.2, -0.15) is 26.3 Å². The predicted octanol–water partition coefficient (Wildman–Crippen LogP) is 8.43. The molecule has 0 fully saturated rings. The van der Waals surface area contributed by atoms with Crippen molar-refractivity contribution in [2.75, 3.05) is 0 Å². The molecular weight excluding hydrogens is 547 g/mol. The summed E-state index contributed by atoms with van der Waals surface area (Å²) >= 11 is 6.08. The van der Waals surface area contributed by atoms with Gasteiger partial charge in [-0.05, 0) is 59.2 Å². The lowest BCUT2D eigenvalue weighted by atomic mass is 9.76. The minimum absolute atomic E-state index is 0.118. The molecule has 39 heavy (non-hydrogen) atoms. The molecule has 0 aromatic heterocycles. The summed E-state index contributed by atoms with van der Waals surface area (Å²) in [6, 6.07) is 19.2. The molecule has 0 radical (unpaired) electrons. The van der Waals surface area contributed by atoms with E-state index in [0.717, 1.165) is 54.6 Å². The van der Waals surface area contributed by atoms with Crippen LogP contribution in [0.15, 0.2) is 97.1 Å². The number of carbonyl (C=O) groups is 1. The van der Waals surface area contributed by atoms with E-state index < -0.39 is 40.7 Å². The van der Waals surface area contributed by atoms with Crippen molar-refractivity contribution in [1.29, 1.82) is 0 Å². The van der Waals surface area contributed by atoms with Crippen LogP contribution in [0, 0.1) is 5.82 Å². The van der Waals surface area contributed by atoms with Crippen molar-refractivity contribution in [2.45, 2.75) is 24.3 Å². The summed E-state index contributed by atoms with van der Waals surface area (Å²) in [4.78, 5) is 13.5. The van der Waals surface area contributed by atoms with E-state index in [1.165, 1.54) is 12.1 Å². The summed E-state index contributed by atoms with van der Waals surface area (Å²) in [5.41, 5.74) is -3.98. The molecule has 202 valence electrons. The minimum atomic E-state index is -4.77. The summed E-state index contributed by atoms with van der Waals surface area (Å²) in [7, 11) is 0. The average molecular weight is 566 g/mol. The highest BCUT2D eigenvalue weighted by atomic mass is 35.5. The third-order valence-corrected chi connectivity index (χ3v) is 6.49. The van der Waals surface area contributed by atoms with E-state index in [9.17, 15) is 35.5 Å². The third-order valence-electron chi connectivity index (χ3n) is 6.18. The number of amides is 1. The number of carbonyl (C=O) groups excluding carboxylic acids is 1. The van der Waals surface area contributed by atoms with Crippen LogP contribution >= 0.6 is 11.6 Å². The Kier molecular flexibility index (Phi) is 7.75. The second-order valence-electron chi connectivity index (χ2n) is 8.80. The number of hydrogen-bond donors (Lipinski definition) is 1. The van der Waals surface area contributed by atoms with Gasteiger partial charge in [0.25, 0.3) is 5.91 Å². The topological polar surface area (TPSA) is 29.1 Å². The van der Waals surface area contributed by atoms with E-state index in [4.69, 9.17) is 11.6 Å². The Bertz CT molecular complexity index is 1430. The summed E-state index contributed by atoms with van der Waals surface area (Å²) in [6.07, 6.45) is -9.76. The van der Waals surface area contributed by atoms with Gasteiger partial charge in [0.2, 0.25) is 0 Å². The molecule has 0 atom stereocenters. The Morgan fingerprint density at radius 2 is 1.18 bits per heavy atom. The molecule has 4 rings (SSSR count). The highest BCUT2D eigenvalue weighted by Gasteiger charge is 2.41. The first-order valence-corrected chi connectivity index (χ1v) is 11.8. The molecule has 0 heterocycles. The van der Waals surface area contributed by atoms with Crippen molar-refractivity contribution in [2.24, 2.45) is 0 Å². The van der Waals surface area contributed by atoms with Crippen molar-refractivity contribution in [3.05, 3.63) is 141 Å². The molecule has 1 N–H and O–H groups in total. The van der Waals surface area contributed by atoms with Gasteiger partial charge >= 0.3 is 12.4 Å². The number of rotatable bonds is 6. The highest BCUT2D eigenvalue weighted by Crippen LogP contribution is 2.40. The number of benzene rings is 4. The van der Waals surface area contributed by atoms with Crippen LogP contribution in [-0.2, 0) is 24.3 Å². The Balaban J connectivity index is 2.01. The smallest absolute Gasteiger partial charge is 0.338 e. The molecule has 0 aliphatic rings. The molecule has 2 nitrogen and oxygen atoms in total. The minimum Gasteiger partial charge on any atom is -0.338 e. The number of halogens is 8. The van der Waals surface area contributed by atoms with E-state index in [0.29, 0.717) is 5.56 Å². The molecule has 0 saturated heterocycles. The lowest BCUT2D eigenvalue weighted by molar-refractivity contribution is -0.138. The predicted molar refractivity (Wildman–Crippen MR) is 133 cm³/mol. The van der Waals surface area contributed by atoms with Crippen molar-refractivity contribution in [3.8, 4) is 0 Å². The summed E-state index contributed by atoms with van der Waals surface area (Å²) < 4.78 is 96.1. The molecule has 0 spiro atoms. The monoisotopic (exact) mass is 565 g/mol. The second-order valence-corrected chi connectivity index (χ2v) is 9.21. The lowest BCUT2D eigenvalue weighted by Gasteiger charge is -2.37. The van der Waals surface area contributed by atoms with Crippen LogP contribution in [-0.4, -0.2) is 5.91 Å². The zero-order chi connectivity index (χ0) is 28.4. The largest absolute Gasteiger partial charge is 0.416 e. The molecule has 4 aromatic carbocycles. The second kappa shape index (κ2) is 10.7. The van der Waals surface area contributed by atoms with Crippen LogP contribution in [0.3, 0.4) is 0 Å². The van der Waals surface area contributed by atoms with Gasteiger partial charge in [-0.25, -0.2) is 4.39 Å². The average Bonchev–Trinajstić information content (AvgIpc) is 2.88. The van der Waals surface area contributed by atoms with Crippen LogP contribution in [0.25, 0.3) is 0 Å². The zero-order valence-corrected chi connectivity index (χ0v) is 20.6. The number of hydrogen-bond acceptors (Lipinski definition) is 1. The number of alkyl halides is 6. The summed E-state index contributed by atoms with van der Waals surface area (Å²) in [6.45, 7) is 0. The Labute approximate surface area is 224 Å². The molecule has 4 aromatic rings. The van der Waals surface area contributed by atoms with Gasteiger partial charge in [-0.3, -0.25) is 4.79 Å². The molecule has 1 amide bonds. The van der Waals surface area contributed by atoms with E-state index >= 15 is 0 Å². The molecule has 0 saturated carbocycles. The van der Waals surface area contributed by atoms with Crippen LogP contribution in [0.5, 0.6) is 0 Å². The van der Waals surface area contributed by atoms with Crippen molar-refractivity contribution in [1.82, 2.24) is 5.32 Å².